The van der Waals surface area contributed by atoms with E-state index in [0.29, 0.717) is 0 Å². The minimum Gasteiger partial charge on any atom is -0.345 e. The fourth-order valence-corrected chi connectivity index (χ4v) is 2.02. The fourth-order valence-electron chi connectivity index (χ4n) is 0.803. The number of rotatable bonds is 2. The quantitative estimate of drug-likeness (QED) is 0.651. The molecule has 1 rings (SSSR count). The van der Waals surface area contributed by atoms with Gasteiger partial charge in [0.15, 0.2) is 0 Å². The van der Waals surface area contributed by atoms with Crippen LogP contribution in [0.25, 0.3) is 0 Å². The van der Waals surface area contributed by atoms with Crippen molar-refractivity contribution < 1.29 is 4.39 Å². The zero-order valence-corrected chi connectivity index (χ0v) is 8.87. The molecule has 0 bridgehead atoms. The molecule has 0 N–H and O–H groups in total. The van der Waals surface area contributed by atoms with Gasteiger partial charge in [0.05, 0.1) is 0 Å². The maximum atomic E-state index is 12.7. The van der Waals surface area contributed by atoms with Gasteiger partial charge in [-0.3, -0.25) is 0 Å². The molecule has 0 nitrogen and oxygen atoms in total. The molecular weight excluding hydrogens is 198 g/mol. The SMILES string of the molecule is Cl.Fc1ccccc1[CH2][Mg][Cl]. The van der Waals surface area contributed by atoms with Crippen molar-refractivity contribution in [3.05, 3.63) is 35.6 Å². The summed E-state index contributed by atoms with van der Waals surface area (Å²) in [6.07, 6.45) is 0. The van der Waals surface area contributed by atoms with Crippen LogP contribution in [0.15, 0.2) is 24.3 Å². The highest BCUT2D eigenvalue weighted by Gasteiger charge is 1.99. The summed E-state index contributed by atoms with van der Waals surface area (Å²) in [6, 6.07) is 6.77. The van der Waals surface area contributed by atoms with Gasteiger partial charge in [-0.05, 0) is 11.6 Å². The number of hydrogen-bond acceptors (Lipinski definition) is 0. The number of hydrogen-bond donors (Lipinski definition) is 0. The summed E-state index contributed by atoms with van der Waals surface area (Å²) in [5, 5.41) is 0. The minimum absolute atomic E-state index is 0. The lowest BCUT2D eigenvalue weighted by Crippen LogP contribution is -1.92. The van der Waals surface area contributed by atoms with E-state index >= 15 is 0 Å². The Morgan fingerprint density at radius 3 is 2.55 bits per heavy atom. The normalized spacial score (nSPS) is 8.18. The predicted octanol–water partition coefficient (Wildman–Crippen LogP) is 2.61. The van der Waals surface area contributed by atoms with Crippen LogP contribution in [-0.2, 0) is 4.55 Å². The molecule has 0 heterocycles. The van der Waals surface area contributed by atoms with Crippen molar-refractivity contribution in [1.29, 1.82) is 0 Å². The molecule has 0 unspecified atom stereocenters. The third-order valence-corrected chi connectivity index (χ3v) is 2.62. The summed E-state index contributed by atoms with van der Waals surface area (Å²) in [5.74, 6) is -0.129. The molecule has 0 spiro atoms. The van der Waals surface area contributed by atoms with Crippen LogP contribution in [0.2, 0.25) is 0 Å². The maximum absolute atomic E-state index is 12.7. The van der Waals surface area contributed by atoms with Crippen LogP contribution in [0, 0.1) is 5.82 Å². The van der Waals surface area contributed by atoms with Gasteiger partial charge >= 0.3 is 19.3 Å². The molecule has 4 heteroatoms. The molecular formula is C7H7Cl2FMg. The Labute approximate surface area is 85.0 Å². The molecule has 11 heavy (non-hydrogen) atoms. The van der Waals surface area contributed by atoms with Gasteiger partial charge in [0, 0.05) is 0 Å². The first-order chi connectivity index (χ1) is 4.84. The molecule has 0 amide bonds. The lowest BCUT2D eigenvalue weighted by atomic mass is 10.2. The molecule has 1 aromatic carbocycles. The smallest absolute Gasteiger partial charge is 0.345 e. The molecule has 0 aliphatic heterocycles. The van der Waals surface area contributed by atoms with Crippen molar-refractivity contribution in [3.63, 3.8) is 0 Å². The fraction of sp³-hybridized carbons (Fsp3) is 0.143. The van der Waals surface area contributed by atoms with E-state index in [9.17, 15) is 4.39 Å². The zero-order valence-electron chi connectivity index (χ0n) is 5.89. The van der Waals surface area contributed by atoms with Crippen molar-refractivity contribution in [1.82, 2.24) is 0 Å². The van der Waals surface area contributed by atoms with Crippen LogP contribution in [0.4, 0.5) is 4.39 Å². The van der Waals surface area contributed by atoms with Crippen LogP contribution in [0.1, 0.15) is 5.56 Å². The van der Waals surface area contributed by atoms with Crippen molar-refractivity contribution in [2.45, 2.75) is 4.55 Å². The summed E-state index contributed by atoms with van der Waals surface area (Å²) in [5.41, 5.74) is 0.754. The van der Waals surface area contributed by atoms with Crippen LogP contribution < -0.4 is 0 Å². The van der Waals surface area contributed by atoms with Crippen LogP contribution in [-0.4, -0.2) is 19.3 Å². The van der Waals surface area contributed by atoms with Crippen molar-refractivity contribution >= 4 is 40.7 Å². The van der Waals surface area contributed by atoms with Crippen molar-refractivity contribution in [2.24, 2.45) is 0 Å². The molecule has 0 aromatic heterocycles. The molecule has 58 valence electrons. The monoisotopic (exact) mass is 204 g/mol. The van der Waals surface area contributed by atoms with Crippen LogP contribution >= 0.6 is 21.5 Å². The Balaban J connectivity index is 0.000001000. The molecule has 0 atom stereocenters. The third-order valence-electron chi connectivity index (χ3n) is 1.32. The largest absolute Gasteiger partial charge is 0.505 e. The van der Waals surface area contributed by atoms with Gasteiger partial charge in [-0.1, -0.05) is 22.7 Å². The number of benzene rings is 1. The lowest BCUT2D eigenvalue weighted by Gasteiger charge is -1.96. The number of halogens is 3. The molecule has 0 aliphatic carbocycles. The summed E-state index contributed by atoms with van der Waals surface area (Å²) < 4.78 is 13.5. The highest BCUT2D eigenvalue weighted by molar-refractivity contribution is 6.93. The third kappa shape index (κ3) is 3.61. The van der Waals surface area contributed by atoms with E-state index in [2.05, 4.69) is 0 Å². The van der Waals surface area contributed by atoms with Gasteiger partial charge in [-0.2, -0.15) is 0 Å². The molecule has 0 radical (unpaired) electrons. The van der Waals surface area contributed by atoms with E-state index in [1.807, 2.05) is 6.07 Å². The second-order valence-electron chi connectivity index (χ2n) is 2.03. The second-order valence-corrected chi connectivity index (χ2v) is 4.04. The first-order valence-electron chi connectivity index (χ1n) is 3.14. The van der Waals surface area contributed by atoms with Gasteiger partial charge < -0.3 is 9.07 Å². The van der Waals surface area contributed by atoms with Gasteiger partial charge in [0.2, 0.25) is 0 Å². The molecule has 0 aliphatic rings. The van der Waals surface area contributed by atoms with Crippen molar-refractivity contribution in [3.8, 4) is 0 Å². The molecule has 0 saturated heterocycles. The Morgan fingerprint density at radius 1 is 1.36 bits per heavy atom. The van der Waals surface area contributed by atoms with Crippen LogP contribution in [0.3, 0.4) is 0 Å². The van der Waals surface area contributed by atoms with Gasteiger partial charge in [0.25, 0.3) is 0 Å². The first-order valence-corrected chi connectivity index (χ1v) is 6.28. The predicted molar refractivity (Wildman–Crippen MR) is 49.0 cm³/mol. The molecule has 0 saturated carbocycles. The highest BCUT2D eigenvalue weighted by atomic mass is 35.5. The summed E-state index contributed by atoms with van der Waals surface area (Å²) in [4.78, 5) is 0. The minimum atomic E-state index is -0.573. The van der Waals surface area contributed by atoms with E-state index in [4.69, 9.17) is 9.07 Å². The summed E-state index contributed by atoms with van der Waals surface area (Å²) in [6.45, 7) is 0. The van der Waals surface area contributed by atoms with Gasteiger partial charge in [-0.25, -0.2) is 4.39 Å². The van der Waals surface area contributed by atoms with Gasteiger partial charge in [-0.15, -0.1) is 12.4 Å². The van der Waals surface area contributed by atoms with E-state index in [-0.39, 0.29) is 18.2 Å². The van der Waals surface area contributed by atoms with E-state index in [1.54, 1.807) is 12.1 Å². The van der Waals surface area contributed by atoms with E-state index in [1.165, 1.54) is 6.07 Å². The topological polar surface area (TPSA) is 0 Å². The summed E-state index contributed by atoms with van der Waals surface area (Å²) >= 11 is -0.573. The molecule has 1 aromatic rings. The standard InChI is InChI=1S/C7H6F.2ClH.Mg/c1-6-4-2-3-5-7(6)8;;;/h2-5H,1H2;2*1H;/q;;;+1/p-1. The van der Waals surface area contributed by atoms with Crippen LogP contribution in [0.5, 0.6) is 0 Å². The van der Waals surface area contributed by atoms with E-state index < -0.39 is 19.3 Å². The average molecular weight is 205 g/mol. The maximum Gasteiger partial charge on any atom is 0.505 e. The highest BCUT2D eigenvalue weighted by Crippen LogP contribution is 2.06. The van der Waals surface area contributed by atoms with Gasteiger partial charge in [0.1, 0.15) is 5.82 Å². The second kappa shape index (κ2) is 6.06. The van der Waals surface area contributed by atoms with Crippen molar-refractivity contribution in [2.75, 3.05) is 0 Å². The zero-order chi connectivity index (χ0) is 7.40. The van der Waals surface area contributed by atoms with E-state index in [0.717, 1.165) is 10.1 Å². The summed E-state index contributed by atoms with van der Waals surface area (Å²) in [7, 11) is 5.58. The average Bonchev–Trinajstić information content (AvgIpc) is 1.94. The Hall–Kier alpha value is 0.496. The Kier molecular flexibility index (Phi) is 6.33. The first kappa shape index (κ1) is 11.5. The lowest BCUT2D eigenvalue weighted by molar-refractivity contribution is 0.617. The Morgan fingerprint density at radius 2 is 2.00 bits per heavy atom. The molecule has 0 fully saturated rings. The Bertz CT molecular complexity index is 217.